The van der Waals surface area contributed by atoms with Gasteiger partial charge in [-0.25, -0.2) is 4.98 Å². The molecule has 0 saturated carbocycles. The monoisotopic (exact) mass is 325 g/mol. The topological polar surface area (TPSA) is 92.8 Å². The van der Waals surface area contributed by atoms with Gasteiger partial charge in [0.25, 0.3) is 5.91 Å². The van der Waals surface area contributed by atoms with Crippen LogP contribution in [0.25, 0.3) is 0 Å². The van der Waals surface area contributed by atoms with Crippen molar-refractivity contribution in [3.05, 3.63) is 41.3 Å². The van der Waals surface area contributed by atoms with Crippen LogP contribution in [-0.4, -0.2) is 33.9 Å². The number of ether oxygens (including phenoxy) is 1. The summed E-state index contributed by atoms with van der Waals surface area (Å²) in [6.45, 7) is 3.35. The third-order valence-electron chi connectivity index (χ3n) is 4.13. The molecular formula is C17H19N5O2. The minimum atomic E-state index is -0.243. The molecule has 1 aliphatic rings. The fourth-order valence-corrected chi connectivity index (χ4v) is 2.86. The number of hydrogen-bond acceptors (Lipinski definition) is 5. The van der Waals surface area contributed by atoms with Gasteiger partial charge in [0.2, 0.25) is 0 Å². The van der Waals surface area contributed by atoms with Gasteiger partial charge in [-0.05, 0) is 31.9 Å². The molecular weight excluding hydrogens is 306 g/mol. The summed E-state index contributed by atoms with van der Waals surface area (Å²) in [7, 11) is 0. The van der Waals surface area contributed by atoms with Gasteiger partial charge < -0.3 is 10.1 Å². The van der Waals surface area contributed by atoms with Gasteiger partial charge in [0.1, 0.15) is 5.82 Å². The Bertz CT molecular complexity index is 772. The summed E-state index contributed by atoms with van der Waals surface area (Å²) in [4.78, 5) is 16.8. The molecule has 1 saturated heterocycles. The van der Waals surface area contributed by atoms with E-state index >= 15 is 0 Å². The maximum atomic E-state index is 12.5. The molecule has 7 heteroatoms. The van der Waals surface area contributed by atoms with Gasteiger partial charge in [0.05, 0.1) is 36.0 Å². The summed E-state index contributed by atoms with van der Waals surface area (Å²) in [5.41, 5.74) is 2.01. The van der Waals surface area contributed by atoms with E-state index in [0.717, 1.165) is 31.7 Å². The minimum Gasteiger partial charge on any atom is -0.381 e. The van der Waals surface area contributed by atoms with Crippen molar-refractivity contribution in [3.63, 3.8) is 0 Å². The molecule has 0 unspecified atom stereocenters. The van der Waals surface area contributed by atoms with Gasteiger partial charge in [0, 0.05) is 18.9 Å². The number of amides is 1. The number of nitrogens with zero attached hydrogens (tertiary/aromatic N) is 4. The lowest BCUT2D eigenvalue weighted by molar-refractivity contribution is 0.0656. The lowest BCUT2D eigenvalue weighted by atomic mass is 10.1. The molecule has 24 heavy (non-hydrogen) atoms. The van der Waals surface area contributed by atoms with Crippen molar-refractivity contribution >= 4 is 11.7 Å². The second-order valence-corrected chi connectivity index (χ2v) is 5.73. The van der Waals surface area contributed by atoms with Crippen LogP contribution < -0.4 is 5.32 Å². The fourth-order valence-electron chi connectivity index (χ4n) is 2.86. The summed E-state index contributed by atoms with van der Waals surface area (Å²) < 4.78 is 7.29. The second kappa shape index (κ2) is 7.23. The lowest BCUT2D eigenvalue weighted by Crippen LogP contribution is -2.22. The van der Waals surface area contributed by atoms with Gasteiger partial charge in [-0.3, -0.25) is 9.48 Å². The predicted molar refractivity (Wildman–Crippen MR) is 87.6 cm³/mol. The van der Waals surface area contributed by atoms with Crippen molar-refractivity contribution in [2.75, 3.05) is 18.5 Å². The van der Waals surface area contributed by atoms with Crippen LogP contribution in [0, 0.1) is 18.3 Å². The van der Waals surface area contributed by atoms with E-state index in [9.17, 15) is 4.79 Å². The zero-order valence-corrected chi connectivity index (χ0v) is 13.5. The maximum Gasteiger partial charge on any atom is 0.260 e. The van der Waals surface area contributed by atoms with Gasteiger partial charge in [0.15, 0.2) is 0 Å². The van der Waals surface area contributed by atoms with Crippen LogP contribution in [0.2, 0.25) is 0 Å². The molecule has 0 atom stereocenters. The van der Waals surface area contributed by atoms with Crippen LogP contribution in [0.5, 0.6) is 0 Å². The molecule has 0 aromatic carbocycles. The quantitative estimate of drug-likeness (QED) is 0.930. The average molecular weight is 325 g/mol. The molecule has 0 radical (unpaired) electrons. The standard InChI is InChI=1S/C17H19N5O2/c1-12-15(11-19-22(12)14-6-9-24-10-7-14)17(23)21-16-4-2-3-13(20-16)5-8-18/h2-4,11,14H,5-7,9-10H2,1H3,(H,20,21,23). The number of nitrogens with one attached hydrogen (secondary N) is 1. The molecule has 3 heterocycles. The normalized spacial score (nSPS) is 15.0. The van der Waals surface area contributed by atoms with Crippen LogP contribution in [0.3, 0.4) is 0 Å². The van der Waals surface area contributed by atoms with Crippen LogP contribution >= 0.6 is 0 Å². The second-order valence-electron chi connectivity index (χ2n) is 5.73. The minimum absolute atomic E-state index is 0.213. The molecule has 1 fully saturated rings. The van der Waals surface area contributed by atoms with Crippen LogP contribution in [-0.2, 0) is 11.2 Å². The number of nitriles is 1. The fraction of sp³-hybridized carbons (Fsp3) is 0.412. The first kappa shape index (κ1) is 16.1. The van der Waals surface area contributed by atoms with E-state index in [4.69, 9.17) is 10.00 Å². The summed E-state index contributed by atoms with van der Waals surface area (Å²) in [6, 6.07) is 7.56. The highest BCUT2D eigenvalue weighted by molar-refractivity contribution is 6.04. The van der Waals surface area contributed by atoms with Gasteiger partial charge in [-0.15, -0.1) is 0 Å². The van der Waals surface area contributed by atoms with E-state index in [-0.39, 0.29) is 18.4 Å². The number of rotatable bonds is 4. The smallest absolute Gasteiger partial charge is 0.260 e. The number of hydrogen-bond donors (Lipinski definition) is 1. The molecule has 124 valence electrons. The molecule has 0 bridgehead atoms. The number of pyridine rings is 1. The maximum absolute atomic E-state index is 12.5. The molecule has 2 aromatic heterocycles. The van der Waals surface area contributed by atoms with Crippen molar-refractivity contribution < 1.29 is 9.53 Å². The zero-order chi connectivity index (χ0) is 16.9. The number of carbonyl (C=O) groups excluding carboxylic acids is 1. The molecule has 3 rings (SSSR count). The number of carbonyl (C=O) groups is 1. The molecule has 0 aliphatic carbocycles. The van der Waals surface area contributed by atoms with Gasteiger partial charge in [-0.1, -0.05) is 6.07 Å². The predicted octanol–water partition coefficient (Wildman–Crippen LogP) is 2.26. The van der Waals surface area contributed by atoms with Crippen LogP contribution in [0.4, 0.5) is 5.82 Å². The summed E-state index contributed by atoms with van der Waals surface area (Å²) in [5.74, 6) is 0.193. The van der Waals surface area contributed by atoms with Crippen molar-refractivity contribution in [3.8, 4) is 6.07 Å². The van der Waals surface area contributed by atoms with E-state index in [0.29, 0.717) is 17.1 Å². The Morgan fingerprint density at radius 1 is 1.46 bits per heavy atom. The van der Waals surface area contributed by atoms with Crippen molar-refractivity contribution in [2.45, 2.75) is 32.2 Å². The first-order valence-electron chi connectivity index (χ1n) is 7.95. The van der Waals surface area contributed by atoms with Gasteiger partial charge in [-0.2, -0.15) is 10.4 Å². The van der Waals surface area contributed by atoms with Crippen LogP contribution in [0.1, 0.15) is 40.6 Å². The number of aromatic nitrogens is 3. The zero-order valence-electron chi connectivity index (χ0n) is 13.5. The molecule has 1 amide bonds. The Kier molecular flexibility index (Phi) is 4.87. The van der Waals surface area contributed by atoms with E-state index < -0.39 is 0 Å². The Balaban J connectivity index is 1.75. The van der Waals surface area contributed by atoms with E-state index in [1.165, 1.54) is 0 Å². The van der Waals surface area contributed by atoms with E-state index in [2.05, 4.69) is 15.4 Å². The molecule has 7 nitrogen and oxygen atoms in total. The Hall–Kier alpha value is -2.72. The highest BCUT2D eigenvalue weighted by atomic mass is 16.5. The highest BCUT2D eigenvalue weighted by Crippen LogP contribution is 2.23. The third-order valence-corrected chi connectivity index (χ3v) is 4.13. The Labute approximate surface area is 140 Å². The molecule has 0 spiro atoms. The SMILES string of the molecule is Cc1c(C(=O)Nc2cccc(CC#N)n2)cnn1C1CCOCC1. The van der Waals surface area contributed by atoms with Crippen molar-refractivity contribution in [1.29, 1.82) is 5.26 Å². The van der Waals surface area contributed by atoms with Crippen molar-refractivity contribution in [2.24, 2.45) is 0 Å². The average Bonchev–Trinajstić information content (AvgIpc) is 2.98. The third kappa shape index (κ3) is 3.44. The molecule has 1 N–H and O–H groups in total. The molecule has 2 aromatic rings. The van der Waals surface area contributed by atoms with Gasteiger partial charge >= 0.3 is 0 Å². The van der Waals surface area contributed by atoms with E-state index in [1.54, 1.807) is 24.4 Å². The van der Waals surface area contributed by atoms with Crippen molar-refractivity contribution in [1.82, 2.24) is 14.8 Å². The molecule has 1 aliphatic heterocycles. The largest absolute Gasteiger partial charge is 0.381 e. The summed E-state index contributed by atoms with van der Waals surface area (Å²) in [6.07, 6.45) is 3.62. The Morgan fingerprint density at radius 3 is 3.00 bits per heavy atom. The summed E-state index contributed by atoms with van der Waals surface area (Å²) >= 11 is 0. The van der Waals surface area contributed by atoms with Crippen LogP contribution in [0.15, 0.2) is 24.4 Å². The summed E-state index contributed by atoms with van der Waals surface area (Å²) in [5, 5.41) is 15.9. The first-order valence-corrected chi connectivity index (χ1v) is 7.95. The number of anilines is 1. The first-order chi connectivity index (χ1) is 11.7. The lowest BCUT2D eigenvalue weighted by Gasteiger charge is -2.23. The highest BCUT2D eigenvalue weighted by Gasteiger charge is 2.22. The Morgan fingerprint density at radius 2 is 2.25 bits per heavy atom. The van der Waals surface area contributed by atoms with E-state index in [1.807, 2.05) is 17.7 Å².